The molecule has 1 fully saturated rings. The normalized spacial score (nSPS) is 18.7. The molecule has 0 spiro atoms. The first-order valence-electron chi connectivity index (χ1n) is 7.45. The van der Waals surface area contributed by atoms with Crippen LogP contribution in [0.25, 0.3) is 10.8 Å². The molecule has 2 aromatic rings. The van der Waals surface area contributed by atoms with Crippen LogP contribution < -0.4 is 0 Å². The molecule has 4 heteroatoms. The highest BCUT2D eigenvalue weighted by Gasteiger charge is 2.27. The second-order valence-electron chi connectivity index (χ2n) is 5.81. The zero-order valence-corrected chi connectivity index (χ0v) is 12.2. The summed E-state index contributed by atoms with van der Waals surface area (Å²) < 4.78 is 0. The maximum atomic E-state index is 11.0. The Morgan fingerprint density at radius 2 is 2.05 bits per heavy atom. The lowest BCUT2D eigenvalue weighted by molar-refractivity contribution is -0.143. The number of fused-ring (bicyclic) bond motifs is 1. The summed E-state index contributed by atoms with van der Waals surface area (Å²) in [7, 11) is 0. The number of hydrogen-bond acceptors (Lipinski definition) is 3. The van der Waals surface area contributed by atoms with Gasteiger partial charge in [0.05, 0.1) is 5.92 Å². The molecular formula is C17H20N2O2. The van der Waals surface area contributed by atoms with E-state index in [9.17, 15) is 4.79 Å². The zero-order chi connectivity index (χ0) is 14.8. The molecule has 1 aliphatic heterocycles. The van der Waals surface area contributed by atoms with Crippen molar-refractivity contribution in [3.05, 3.63) is 42.2 Å². The standard InChI is InChI=1S/C17H20N2O2/c1-12(19-8-5-13(6-9-19)17(20)21)14-2-3-16-11-18-7-4-15(16)10-14/h2-4,7,10-13H,5-6,8-9H2,1H3,(H,20,21). The van der Waals surface area contributed by atoms with Crippen LogP contribution in [0.5, 0.6) is 0 Å². The maximum Gasteiger partial charge on any atom is 0.306 e. The fourth-order valence-electron chi connectivity index (χ4n) is 3.11. The molecule has 2 heterocycles. The van der Waals surface area contributed by atoms with Gasteiger partial charge in [0.1, 0.15) is 0 Å². The molecule has 1 saturated heterocycles. The van der Waals surface area contributed by atoms with E-state index in [1.165, 1.54) is 10.9 Å². The van der Waals surface area contributed by atoms with Crippen molar-refractivity contribution in [1.82, 2.24) is 9.88 Å². The van der Waals surface area contributed by atoms with Crippen molar-refractivity contribution < 1.29 is 9.90 Å². The monoisotopic (exact) mass is 284 g/mol. The van der Waals surface area contributed by atoms with Crippen LogP contribution in [0.3, 0.4) is 0 Å². The fraction of sp³-hybridized carbons (Fsp3) is 0.412. The van der Waals surface area contributed by atoms with Crippen LogP contribution in [-0.2, 0) is 4.79 Å². The lowest BCUT2D eigenvalue weighted by Crippen LogP contribution is -2.37. The number of piperidine rings is 1. The molecule has 1 aromatic heterocycles. The largest absolute Gasteiger partial charge is 0.481 e. The minimum absolute atomic E-state index is 0.170. The molecule has 1 N–H and O–H groups in total. The molecule has 4 nitrogen and oxygen atoms in total. The average Bonchev–Trinajstić information content (AvgIpc) is 2.54. The first-order chi connectivity index (χ1) is 10.1. The molecule has 1 unspecified atom stereocenters. The van der Waals surface area contributed by atoms with Gasteiger partial charge < -0.3 is 5.11 Å². The van der Waals surface area contributed by atoms with Gasteiger partial charge in [0.15, 0.2) is 0 Å². The Labute approximate surface area is 124 Å². The summed E-state index contributed by atoms with van der Waals surface area (Å²) in [6.45, 7) is 3.91. The van der Waals surface area contributed by atoms with E-state index >= 15 is 0 Å². The highest BCUT2D eigenvalue weighted by Crippen LogP contribution is 2.28. The number of nitrogens with zero attached hydrogens (tertiary/aromatic N) is 2. The highest BCUT2D eigenvalue weighted by atomic mass is 16.4. The number of aliphatic carboxylic acids is 1. The van der Waals surface area contributed by atoms with Crippen LogP contribution in [0, 0.1) is 5.92 Å². The van der Waals surface area contributed by atoms with E-state index in [-0.39, 0.29) is 5.92 Å². The molecule has 1 atom stereocenters. The van der Waals surface area contributed by atoms with Gasteiger partial charge in [0.25, 0.3) is 0 Å². The number of aromatic nitrogens is 1. The Hall–Kier alpha value is -1.94. The first-order valence-corrected chi connectivity index (χ1v) is 7.45. The van der Waals surface area contributed by atoms with Gasteiger partial charge in [0, 0.05) is 23.8 Å². The molecule has 0 radical (unpaired) electrons. The molecule has 1 aromatic carbocycles. The number of rotatable bonds is 3. The minimum Gasteiger partial charge on any atom is -0.481 e. The lowest BCUT2D eigenvalue weighted by Gasteiger charge is -2.35. The third-order valence-electron chi connectivity index (χ3n) is 4.57. The summed E-state index contributed by atoms with van der Waals surface area (Å²) in [6.07, 6.45) is 5.19. The molecule has 0 saturated carbocycles. The molecule has 0 amide bonds. The van der Waals surface area contributed by atoms with E-state index < -0.39 is 5.97 Å². The molecule has 0 bridgehead atoms. The van der Waals surface area contributed by atoms with Crippen molar-refractivity contribution in [2.24, 2.45) is 5.92 Å². The van der Waals surface area contributed by atoms with Gasteiger partial charge >= 0.3 is 5.97 Å². The third-order valence-corrected chi connectivity index (χ3v) is 4.57. The smallest absolute Gasteiger partial charge is 0.306 e. The second kappa shape index (κ2) is 5.82. The Kier molecular flexibility index (Phi) is 3.88. The summed E-state index contributed by atoms with van der Waals surface area (Å²) in [5.41, 5.74) is 1.28. The van der Waals surface area contributed by atoms with Gasteiger partial charge in [-0.05, 0) is 55.9 Å². The zero-order valence-electron chi connectivity index (χ0n) is 12.2. The first kappa shape index (κ1) is 14.0. The summed E-state index contributed by atoms with van der Waals surface area (Å²) in [4.78, 5) is 17.5. The Morgan fingerprint density at radius 1 is 1.29 bits per heavy atom. The van der Waals surface area contributed by atoms with Gasteiger partial charge in [-0.2, -0.15) is 0 Å². The van der Waals surface area contributed by atoms with Crippen LogP contribution in [0.4, 0.5) is 0 Å². The molecule has 0 aliphatic carbocycles. The SMILES string of the molecule is CC(c1ccc2cnccc2c1)N1CCC(C(=O)O)CC1. The van der Waals surface area contributed by atoms with Gasteiger partial charge in [-0.3, -0.25) is 14.7 Å². The summed E-state index contributed by atoms with van der Waals surface area (Å²) in [6, 6.07) is 8.82. The van der Waals surface area contributed by atoms with Gasteiger partial charge in [0.2, 0.25) is 0 Å². The van der Waals surface area contributed by atoms with Crippen molar-refractivity contribution in [2.45, 2.75) is 25.8 Å². The van der Waals surface area contributed by atoms with E-state index in [4.69, 9.17) is 5.11 Å². The number of carboxylic acid groups (broad SMARTS) is 1. The summed E-state index contributed by atoms with van der Waals surface area (Å²) >= 11 is 0. The van der Waals surface area contributed by atoms with Crippen LogP contribution in [0.15, 0.2) is 36.7 Å². The maximum absolute atomic E-state index is 11.0. The number of likely N-dealkylation sites (tertiary alicyclic amines) is 1. The predicted molar refractivity (Wildman–Crippen MR) is 82.1 cm³/mol. The van der Waals surface area contributed by atoms with Crippen molar-refractivity contribution >= 4 is 16.7 Å². The quantitative estimate of drug-likeness (QED) is 0.941. The lowest BCUT2D eigenvalue weighted by atomic mass is 9.94. The Bertz CT molecular complexity index is 648. The predicted octanol–water partition coefficient (Wildman–Crippen LogP) is 3.09. The number of benzene rings is 1. The Balaban J connectivity index is 1.75. The molecule has 1 aliphatic rings. The minimum atomic E-state index is -0.652. The second-order valence-corrected chi connectivity index (χ2v) is 5.81. The molecular weight excluding hydrogens is 264 g/mol. The van der Waals surface area contributed by atoms with Crippen molar-refractivity contribution in [2.75, 3.05) is 13.1 Å². The van der Waals surface area contributed by atoms with E-state index in [0.717, 1.165) is 31.3 Å². The number of carbonyl (C=O) groups is 1. The number of hydrogen-bond donors (Lipinski definition) is 1. The van der Waals surface area contributed by atoms with E-state index in [2.05, 4.69) is 35.0 Å². The third kappa shape index (κ3) is 2.90. The topological polar surface area (TPSA) is 53.4 Å². The Morgan fingerprint density at radius 3 is 2.76 bits per heavy atom. The number of carboxylic acids is 1. The van der Waals surface area contributed by atoms with Gasteiger partial charge in [-0.1, -0.05) is 12.1 Å². The molecule has 3 rings (SSSR count). The molecule has 21 heavy (non-hydrogen) atoms. The van der Waals surface area contributed by atoms with Gasteiger partial charge in [-0.25, -0.2) is 0 Å². The van der Waals surface area contributed by atoms with E-state index in [1.54, 1.807) is 0 Å². The van der Waals surface area contributed by atoms with Crippen LogP contribution >= 0.6 is 0 Å². The summed E-state index contributed by atoms with van der Waals surface area (Å²) in [5, 5.41) is 11.4. The van der Waals surface area contributed by atoms with Crippen molar-refractivity contribution in [3.63, 3.8) is 0 Å². The highest BCUT2D eigenvalue weighted by molar-refractivity contribution is 5.82. The fourth-order valence-corrected chi connectivity index (χ4v) is 3.11. The van der Waals surface area contributed by atoms with Crippen LogP contribution in [0.2, 0.25) is 0 Å². The van der Waals surface area contributed by atoms with E-state index in [1.807, 2.05) is 18.5 Å². The van der Waals surface area contributed by atoms with Gasteiger partial charge in [-0.15, -0.1) is 0 Å². The van der Waals surface area contributed by atoms with Crippen molar-refractivity contribution in [3.8, 4) is 0 Å². The van der Waals surface area contributed by atoms with Crippen molar-refractivity contribution in [1.29, 1.82) is 0 Å². The average molecular weight is 284 g/mol. The molecule has 110 valence electrons. The summed E-state index contributed by atoms with van der Waals surface area (Å²) in [5.74, 6) is -0.823. The van der Waals surface area contributed by atoms with Crippen LogP contribution in [0.1, 0.15) is 31.4 Å². The van der Waals surface area contributed by atoms with E-state index in [0.29, 0.717) is 6.04 Å². The number of pyridine rings is 1. The van der Waals surface area contributed by atoms with Crippen LogP contribution in [-0.4, -0.2) is 34.0 Å².